The Morgan fingerprint density at radius 2 is 1.76 bits per heavy atom. The van der Waals surface area contributed by atoms with Gasteiger partial charge in [-0.2, -0.15) is 13.2 Å². The van der Waals surface area contributed by atoms with Gasteiger partial charge >= 0.3 is 12.1 Å². The monoisotopic (exact) mass is 482 g/mol. The van der Waals surface area contributed by atoms with Gasteiger partial charge in [0, 0.05) is 0 Å². The first-order valence-electron chi connectivity index (χ1n) is 9.31. The maximum Gasteiger partial charge on any atom is 0.418 e. The van der Waals surface area contributed by atoms with Gasteiger partial charge in [-0.15, -0.1) is 0 Å². The van der Waals surface area contributed by atoms with Crippen LogP contribution in [-0.2, 0) is 32.3 Å². The highest BCUT2D eigenvalue weighted by Gasteiger charge is 2.33. The summed E-state index contributed by atoms with van der Waals surface area (Å²) >= 11 is 0. The molecule has 0 aliphatic heterocycles. The summed E-state index contributed by atoms with van der Waals surface area (Å²) in [5.74, 6) is -1.64. The van der Waals surface area contributed by atoms with Crippen molar-refractivity contribution in [3.8, 4) is 0 Å². The lowest BCUT2D eigenvalue weighted by Crippen LogP contribution is -2.24. The predicted octanol–water partition coefficient (Wildman–Crippen LogP) is 3.57. The molecule has 8 nitrogen and oxygen atoms in total. The highest BCUT2D eigenvalue weighted by Crippen LogP contribution is 2.34. The van der Waals surface area contributed by atoms with Gasteiger partial charge in [-0.05, 0) is 42.5 Å². The third kappa shape index (κ3) is 6.43. The quantitative estimate of drug-likeness (QED) is 0.475. The van der Waals surface area contributed by atoms with E-state index in [1.165, 1.54) is 36.6 Å². The van der Waals surface area contributed by atoms with Crippen molar-refractivity contribution < 1.29 is 40.3 Å². The number of sulfonamides is 1. The summed E-state index contributed by atoms with van der Waals surface area (Å²) in [5.41, 5.74) is -1.70. The molecule has 0 unspecified atom stereocenters. The molecule has 174 valence electrons. The molecule has 2 N–H and O–H groups in total. The molecule has 0 atom stereocenters. The number of hydrogen-bond donors (Lipinski definition) is 2. The van der Waals surface area contributed by atoms with Gasteiger partial charge in [0.2, 0.25) is 10.0 Å². The molecular formula is C21H17F3N2O6S. The summed E-state index contributed by atoms with van der Waals surface area (Å²) in [4.78, 5) is 24.0. The van der Waals surface area contributed by atoms with Gasteiger partial charge in [-0.25, -0.2) is 17.9 Å². The Morgan fingerprint density at radius 3 is 2.45 bits per heavy atom. The minimum Gasteiger partial charge on any atom is -0.468 e. The van der Waals surface area contributed by atoms with Crippen LogP contribution in [0.3, 0.4) is 0 Å². The van der Waals surface area contributed by atoms with E-state index in [0.717, 1.165) is 18.2 Å². The molecule has 0 spiro atoms. The van der Waals surface area contributed by atoms with Gasteiger partial charge in [0.25, 0.3) is 5.91 Å². The SMILES string of the molecule is O=C(COC(=O)c1cccc(S(=O)(=O)NCc2ccco2)c1)Nc1ccccc1C(F)(F)F. The van der Waals surface area contributed by atoms with Crippen molar-refractivity contribution in [1.82, 2.24) is 4.72 Å². The fourth-order valence-corrected chi connectivity index (χ4v) is 3.73. The minimum atomic E-state index is -4.68. The fourth-order valence-electron chi connectivity index (χ4n) is 2.69. The Hall–Kier alpha value is -3.64. The number of rotatable bonds is 8. The van der Waals surface area contributed by atoms with Crippen molar-refractivity contribution in [3.63, 3.8) is 0 Å². The van der Waals surface area contributed by atoms with E-state index in [9.17, 15) is 31.2 Å². The highest BCUT2D eigenvalue weighted by molar-refractivity contribution is 7.89. The first-order valence-corrected chi connectivity index (χ1v) is 10.8. The van der Waals surface area contributed by atoms with Gasteiger partial charge in [0.1, 0.15) is 5.76 Å². The van der Waals surface area contributed by atoms with Crippen LogP contribution in [0.15, 0.2) is 76.2 Å². The molecule has 12 heteroatoms. The molecule has 0 bridgehead atoms. The number of halogens is 3. The van der Waals surface area contributed by atoms with Gasteiger partial charge in [0.15, 0.2) is 6.61 Å². The van der Waals surface area contributed by atoms with Crippen molar-refractivity contribution in [2.75, 3.05) is 11.9 Å². The van der Waals surface area contributed by atoms with Crippen molar-refractivity contribution in [1.29, 1.82) is 0 Å². The Morgan fingerprint density at radius 1 is 1.00 bits per heavy atom. The normalized spacial score (nSPS) is 11.7. The minimum absolute atomic E-state index is 0.108. The van der Waals surface area contributed by atoms with Crippen LogP contribution in [0, 0.1) is 0 Å². The smallest absolute Gasteiger partial charge is 0.418 e. The van der Waals surface area contributed by atoms with E-state index in [1.807, 2.05) is 5.32 Å². The van der Waals surface area contributed by atoms with Crippen LogP contribution < -0.4 is 10.0 Å². The lowest BCUT2D eigenvalue weighted by Gasteiger charge is -2.13. The third-order valence-electron chi connectivity index (χ3n) is 4.24. The van der Waals surface area contributed by atoms with Crippen LogP contribution in [0.2, 0.25) is 0 Å². The van der Waals surface area contributed by atoms with Crippen molar-refractivity contribution in [2.24, 2.45) is 0 Å². The number of amides is 1. The Bertz CT molecular complexity index is 1240. The summed E-state index contributed by atoms with van der Waals surface area (Å²) in [6.07, 6.45) is -3.30. The number of anilines is 1. The van der Waals surface area contributed by atoms with Gasteiger partial charge in [-0.1, -0.05) is 18.2 Å². The lowest BCUT2D eigenvalue weighted by molar-refractivity contribution is -0.137. The van der Waals surface area contributed by atoms with Crippen LogP contribution in [0.1, 0.15) is 21.7 Å². The molecule has 0 aliphatic rings. The zero-order valence-electron chi connectivity index (χ0n) is 16.8. The Kier molecular flexibility index (Phi) is 7.19. The number of ether oxygens (including phenoxy) is 1. The number of hydrogen-bond acceptors (Lipinski definition) is 6. The number of carbonyl (C=O) groups is 2. The molecular weight excluding hydrogens is 465 g/mol. The number of furan rings is 1. The van der Waals surface area contributed by atoms with Crippen LogP contribution in [0.4, 0.5) is 18.9 Å². The molecule has 1 heterocycles. The summed E-state index contributed by atoms with van der Waals surface area (Å²) in [7, 11) is -3.99. The number of benzene rings is 2. The zero-order valence-corrected chi connectivity index (χ0v) is 17.6. The molecule has 33 heavy (non-hydrogen) atoms. The van der Waals surface area contributed by atoms with E-state index in [4.69, 9.17) is 9.15 Å². The maximum absolute atomic E-state index is 13.0. The van der Waals surface area contributed by atoms with E-state index >= 15 is 0 Å². The molecule has 1 amide bonds. The molecule has 0 saturated heterocycles. The van der Waals surface area contributed by atoms with Gasteiger partial charge in [-0.3, -0.25) is 4.79 Å². The number of carbonyl (C=O) groups excluding carboxylic acids is 2. The van der Waals surface area contributed by atoms with Gasteiger partial charge < -0.3 is 14.5 Å². The molecule has 0 fully saturated rings. The Balaban J connectivity index is 1.61. The van der Waals surface area contributed by atoms with E-state index in [1.54, 1.807) is 12.1 Å². The van der Waals surface area contributed by atoms with Crippen molar-refractivity contribution >= 4 is 27.6 Å². The first-order chi connectivity index (χ1) is 15.6. The molecule has 3 rings (SSSR count). The largest absolute Gasteiger partial charge is 0.468 e. The zero-order chi connectivity index (χ0) is 24.1. The predicted molar refractivity (Wildman–Crippen MR) is 110 cm³/mol. The number of para-hydroxylation sites is 1. The fraction of sp³-hybridized carbons (Fsp3) is 0.143. The number of esters is 1. The summed E-state index contributed by atoms with van der Waals surface area (Å²) in [6, 6.07) is 12.4. The lowest BCUT2D eigenvalue weighted by atomic mass is 10.1. The van der Waals surface area contributed by atoms with Crippen molar-refractivity contribution in [3.05, 3.63) is 83.8 Å². The van der Waals surface area contributed by atoms with Crippen LogP contribution in [-0.4, -0.2) is 26.9 Å². The maximum atomic E-state index is 13.0. The Labute approximate surface area is 186 Å². The van der Waals surface area contributed by atoms with E-state index in [2.05, 4.69) is 4.72 Å². The topological polar surface area (TPSA) is 115 Å². The van der Waals surface area contributed by atoms with Gasteiger partial charge in [0.05, 0.1) is 34.5 Å². The summed E-state index contributed by atoms with van der Waals surface area (Å²) in [6.45, 7) is -0.984. The molecule has 0 aliphatic carbocycles. The van der Waals surface area contributed by atoms with E-state index in [0.29, 0.717) is 5.76 Å². The molecule has 0 saturated carbocycles. The van der Waals surface area contributed by atoms with Crippen LogP contribution in [0.25, 0.3) is 0 Å². The molecule has 0 radical (unpaired) electrons. The number of alkyl halides is 3. The summed E-state index contributed by atoms with van der Waals surface area (Å²) in [5, 5.41) is 2.04. The number of nitrogens with one attached hydrogen (secondary N) is 2. The van der Waals surface area contributed by atoms with Crippen molar-refractivity contribution in [2.45, 2.75) is 17.6 Å². The van der Waals surface area contributed by atoms with Crippen LogP contribution in [0.5, 0.6) is 0 Å². The molecule has 3 aromatic rings. The molecule has 2 aromatic carbocycles. The third-order valence-corrected chi connectivity index (χ3v) is 5.64. The standard InChI is InChI=1S/C21H17F3N2O6S/c22-21(23,24)17-8-1-2-9-18(17)26-19(27)13-32-20(28)14-5-3-7-16(11-14)33(29,30)25-12-15-6-4-10-31-15/h1-11,25H,12-13H2,(H,26,27). The molecule has 1 aromatic heterocycles. The van der Waals surface area contributed by atoms with Crippen LogP contribution >= 0.6 is 0 Å². The second-order valence-corrected chi connectivity index (χ2v) is 8.37. The van der Waals surface area contributed by atoms with E-state index < -0.39 is 45.9 Å². The summed E-state index contributed by atoms with van der Waals surface area (Å²) < 4.78 is 76.0. The second-order valence-electron chi connectivity index (χ2n) is 6.60. The highest BCUT2D eigenvalue weighted by atomic mass is 32.2. The second kappa shape index (κ2) is 9.88. The first kappa shape index (κ1) is 24.0. The average molecular weight is 482 g/mol. The van der Waals surface area contributed by atoms with E-state index in [-0.39, 0.29) is 17.0 Å². The average Bonchev–Trinajstić information content (AvgIpc) is 3.30.